The van der Waals surface area contributed by atoms with Crippen LogP contribution in [-0.4, -0.2) is 37.0 Å². The smallest absolute Gasteiger partial charge is 1.00 e. The molecule has 0 aliphatic carbocycles. The Morgan fingerprint density at radius 2 is 1.38 bits per heavy atom. The van der Waals surface area contributed by atoms with E-state index in [1.165, 1.54) is 6.92 Å². The van der Waals surface area contributed by atoms with Crippen LogP contribution in [0, 0.1) is 0 Å². The minimum Gasteiger partial charge on any atom is -1.00 e. The van der Waals surface area contributed by atoms with Gasteiger partial charge in [0.25, 0.3) is 0 Å². The zero-order valence-corrected chi connectivity index (χ0v) is 15.8. The van der Waals surface area contributed by atoms with Gasteiger partial charge in [0.15, 0.2) is 0 Å². The molecule has 0 bridgehead atoms. The van der Waals surface area contributed by atoms with E-state index in [-0.39, 0.29) is 88.4 Å². The SMILES string of the molecule is CCN(OS(=O)(=O)O)S(=O)(=O)O.[Cl-].[Cl-].[Na+].[Na+]. The first-order valence-corrected chi connectivity index (χ1v) is 5.35. The van der Waals surface area contributed by atoms with Gasteiger partial charge >= 0.3 is 79.8 Å². The third-order valence-corrected chi connectivity index (χ3v) is 2.00. The summed E-state index contributed by atoms with van der Waals surface area (Å²) >= 11 is 0. The fourth-order valence-corrected chi connectivity index (χ4v) is 1.54. The van der Waals surface area contributed by atoms with E-state index in [2.05, 4.69) is 4.28 Å². The zero-order valence-electron chi connectivity index (χ0n) is 8.66. The molecule has 0 radical (unpaired) electrons. The van der Waals surface area contributed by atoms with E-state index in [4.69, 9.17) is 9.11 Å². The molecule has 0 aliphatic heterocycles. The fraction of sp³-hybridized carbons (Fsp3) is 1.00. The molecule has 8 nitrogen and oxygen atoms in total. The van der Waals surface area contributed by atoms with Gasteiger partial charge in [-0.1, -0.05) is 0 Å². The summed E-state index contributed by atoms with van der Waals surface area (Å²) in [4.78, 5) is 0. The molecular weight excluding hydrogens is 331 g/mol. The predicted molar refractivity (Wildman–Crippen MR) is 36.6 cm³/mol. The molecule has 0 rings (SSSR count). The Kier molecular flexibility index (Phi) is 23.9. The van der Waals surface area contributed by atoms with Crippen molar-refractivity contribution >= 4 is 20.7 Å². The number of rotatable bonds is 4. The Bertz CT molecular complexity index is 343. The fourth-order valence-electron chi connectivity index (χ4n) is 0.359. The van der Waals surface area contributed by atoms with E-state index in [0.717, 1.165) is 0 Å². The molecule has 0 saturated heterocycles. The molecular formula is C2H7Cl2NNa2O7S2. The Morgan fingerprint density at radius 3 is 1.44 bits per heavy atom. The van der Waals surface area contributed by atoms with Gasteiger partial charge in [0.2, 0.25) is 0 Å². The molecule has 2 N–H and O–H groups in total. The third kappa shape index (κ3) is 16.3. The van der Waals surface area contributed by atoms with Gasteiger partial charge < -0.3 is 24.8 Å². The van der Waals surface area contributed by atoms with Crippen molar-refractivity contribution in [3.63, 3.8) is 0 Å². The maximum atomic E-state index is 10.2. The standard InChI is InChI=1S/C2H7NO7S2.2ClH.2Na/c1-2-3(11(4,5)6)10-12(7,8)9;;;;/h2H2,1H3,(H,4,5,6)(H,7,8,9);2*1H;;/q;;;2*+1/p-2. The molecule has 0 aromatic rings. The van der Waals surface area contributed by atoms with Crippen molar-refractivity contribution in [3.05, 3.63) is 0 Å². The van der Waals surface area contributed by atoms with E-state index >= 15 is 0 Å². The minimum absolute atomic E-state index is 0. The molecule has 16 heavy (non-hydrogen) atoms. The van der Waals surface area contributed by atoms with Crippen LogP contribution >= 0.6 is 0 Å². The molecule has 0 atom stereocenters. The van der Waals surface area contributed by atoms with E-state index in [0.29, 0.717) is 0 Å². The summed E-state index contributed by atoms with van der Waals surface area (Å²) in [6.07, 6.45) is 0. The van der Waals surface area contributed by atoms with Crippen molar-refractivity contribution in [1.29, 1.82) is 0 Å². The van der Waals surface area contributed by atoms with Crippen LogP contribution < -0.4 is 83.9 Å². The Balaban J connectivity index is -0.000000101. The molecule has 0 aromatic heterocycles. The molecule has 0 fully saturated rings. The van der Waals surface area contributed by atoms with Crippen LogP contribution in [0.5, 0.6) is 0 Å². The second-order valence-electron chi connectivity index (χ2n) is 1.60. The van der Waals surface area contributed by atoms with Gasteiger partial charge in [-0.05, 0) is 11.4 Å². The largest absolute Gasteiger partial charge is 1.00 e. The summed E-state index contributed by atoms with van der Waals surface area (Å²) in [5.41, 5.74) is 0. The van der Waals surface area contributed by atoms with Crippen molar-refractivity contribution < 1.29 is 114 Å². The number of hydrogen-bond donors (Lipinski definition) is 2. The van der Waals surface area contributed by atoms with Gasteiger partial charge in [0.05, 0.1) is 0 Å². The van der Waals surface area contributed by atoms with Gasteiger partial charge in [-0.2, -0.15) is 16.8 Å². The Morgan fingerprint density at radius 1 is 1.06 bits per heavy atom. The molecule has 0 heterocycles. The van der Waals surface area contributed by atoms with Gasteiger partial charge in [0, 0.05) is 6.54 Å². The summed E-state index contributed by atoms with van der Waals surface area (Å²) in [6.45, 7) is 0.734. The molecule has 0 amide bonds. The van der Waals surface area contributed by atoms with Gasteiger partial charge in [0.1, 0.15) is 0 Å². The van der Waals surface area contributed by atoms with Gasteiger partial charge in [-0.15, -0.1) is 4.28 Å². The average molecular weight is 338 g/mol. The minimum atomic E-state index is -4.93. The predicted octanol–water partition coefficient (Wildman–Crippen LogP) is -13.1. The monoisotopic (exact) mass is 337 g/mol. The van der Waals surface area contributed by atoms with Crippen molar-refractivity contribution in [3.8, 4) is 0 Å². The molecule has 0 saturated carbocycles. The molecule has 0 unspecified atom stereocenters. The average Bonchev–Trinajstić information content (AvgIpc) is 1.78. The van der Waals surface area contributed by atoms with Crippen molar-refractivity contribution in [2.45, 2.75) is 6.92 Å². The van der Waals surface area contributed by atoms with E-state index in [1.54, 1.807) is 0 Å². The Hall–Kier alpha value is 2.32. The molecule has 0 aliphatic rings. The normalized spacial score (nSPS) is 10.2. The summed E-state index contributed by atoms with van der Waals surface area (Å²) in [5.74, 6) is 0. The maximum absolute atomic E-state index is 10.2. The summed E-state index contributed by atoms with van der Waals surface area (Å²) in [5, 5.41) is 0. The quantitative estimate of drug-likeness (QED) is 0.297. The Labute approximate surface area is 151 Å². The molecule has 0 aromatic carbocycles. The van der Waals surface area contributed by atoms with Crippen molar-refractivity contribution in [2.24, 2.45) is 0 Å². The zero-order chi connectivity index (χ0) is 9.99. The number of nitrogens with zero attached hydrogens (tertiary/aromatic N) is 1. The summed E-state index contributed by atoms with van der Waals surface area (Å²) < 4.78 is 59.8. The number of hydrogen-bond acceptors (Lipinski definition) is 5. The molecule has 0 spiro atoms. The van der Waals surface area contributed by atoms with E-state index in [9.17, 15) is 16.8 Å². The first-order chi connectivity index (χ1) is 5.17. The van der Waals surface area contributed by atoms with Crippen LogP contribution in [0.4, 0.5) is 0 Å². The third-order valence-electron chi connectivity index (χ3n) is 0.693. The molecule has 90 valence electrons. The topological polar surface area (TPSA) is 121 Å². The molecule has 14 heteroatoms. The van der Waals surface area contributed by atoms with Crippen LogP contribution in [0.25, 0.3) is 0 Å². The summed E-state index contributed by atoms with van der Waals surface area (Å²) in [6, 6.07) is 0. The summed E-state index contributed by atoms with van der Waals surface area (Å²) in [7, 11) is -9.71. The van der Waals surface area contributed by atoms with E-state index < -0.39 is 27.2 Å². The van der Waals surface area contributed by atoms with Crippen molar-refractivity contribution in [1.82, 2.24) is 4.47 Å². The number of hydroxylamine groups is 1. The van der Waals surface area contributed by atoms with Crippen LogP contribution in [0.2, 0.25) is 0 Å². The number of halogens is 2. The first kappa shape index (κ1) is 31.0. The van der Waals surface area contributed by atoms with Gasteiger partial charge in [-0.25, -0.2) is 0 Å². The maximum Gasteiger partial charge on any atom is 1.00 e. The van der Waals surface area contributed by atoms with Crippen LogP contribution in [0.15, 0.2) is 0 Å². The van der Waals surface area contributed by atoms with Crippen LogP contribution in [-0.2, 0) is 25.0 Å². The second kappa shape index (κ2) is 12.4. The first-order valence-electron chi connectivity index (χ1n) is 2.59. The second-order valence-corrected chi connectivity index (χ2v) is 3.91. The van der Waals surface area contributed by atoms with Crippen molar-refractivity contribution in [2.75, 3.05) is 6.54 Å². The van der Waals surface area contributed by atoms with Gasteiger partial charge in [-0.3, -0.25) is 9.11 Å². The van der Waals surface area contributed by atoms with Crippen LogP contribution in [0.1, 0.15) is 6.92 Å². The van der Waals surface area contributed by atoms with Crippen LogP contribution in [0.3, 0.4) is 0 Å². The van der Waals surface area contributed by atoms with E-state index in [1.807, 2.05) is 0 Å².